The topological polar surface area (TPSA) is 55.1 Å². The number of hydrogen-bond acceptors (Lipinski definition) is 2. The average Bonchev–Trinajstić information content (AvgIpc) is 2.69. The lowest BCUT2D eigenvalue weighted by molar-refractivity contribution is -0.164. The van der Waals surface area contributed by atoms with E-state index in [4.69, 9.17) is 5.73 Å². The van der Waals surface area contributed by atoms with Crippen LogP contribution in [-0.2, 0) is 10.2 Å². The molecular weight excluding hydrogens is 344 g/mol. The van der Waals surface area contributed by atoms with Gasteiger partial charge in [0.15, 0.2) is 0 Å². The van der Waals surface area contributed by atoms with Crippen LogP contribution >= 0.6 is 0 Å². The van der Waals surface area contributed by atoms with Crippen molar-refractivity contribution in [3.8, 4) is 0 Å². The van der Waals surface area contributed by atoms with Gasteiger partial charge in [0.05, 0.1) is 5.41 Å². The van der Waals surface area contributed by atoms with Crippen LogP contribution in [0, 0.1) is 16.7 Å². The Balaban J connectivity index is 1.45. The zero-order valence-corrected chi connectivity index (χ0v) is 17.4. The maximum absolute atomic E-state index is 13.7. The lowest BCUT2D eigenvalue weighted by Gasteiger charge is -2.66. The molecule has 3 N–H and O–H groups in total. The number of amides is 1. The van der Waals surface area contributed by atoms with E-state index in [9.17, 15) is 4.79 Å². The molecule has 2 unspecified atom stereocenters. The maximum Gasteiger partial charge on any atom is 0.226 e. The predicted molar refractivity (Wildman–Crippen MR) is 113 cm³/mol. The molecule has 0 aromatic heterocycles. The Hall–Kier alpha value is -1.35. The third kappa shape index (κ3) is 2.93. The second-order valence-electron chi connectivity index (χ2n) is 10.9. The lowest BCUT2D eigenvalue weighted by atomic mass is 9.38. The van der Waals surface area contributed by atoms with E-state index in [0.29, 0.717) is 29.3 Å². The first-order valence-corrected chi connectivity index (χ1v) is 11.6. The summed E-state index contributed by atoms with van der Waals surface area (Å²) in [4.78, 5) is 13.7. The van der Waals surface area contributed by atoms with Crippen LogP contribution in [0.4, 0.5) is 0 Å². The predicted octanol–water partition coefficient (Wildman–Crippen LogP) is 4.69. The van der Waals surface area contributed by atoms with Gasteiger partial charge in [-0.05, 0) is 86.5 Å². The first-order chi connectivity index (χ1) is 13.5. The van der Waals surface area contributed by atoms with Crippen LogP contribution in [0.5, 0.6) is 0 Å². The van der Waals surface area contributed by atoms with Crippen LogP contribution in [0.25, 0.3) is 0 Å². The zero-order valence-electron chi connectivity index (χ0n) is 17.4. The Morgan fingerprint density at radius 1 is 1.04 bits per heavy atom. The third-order valence-electron chi connectivity index (χ3n) is 8.91. The molecule has 5 fully saturated rings. The summed E-state index contributed by atoms with van der Waals surface area (Å²) in [6.07, 6.45) is 12.6. The number of carbonyl (C=O) groups is 1. The van der Waals surface area contributed by atoms with Crippen molar-refractivity contribution in [3.05, 3.63) is 35.9 Å². The highest BCUT2D eigenvalue weighted by Gasteiger charge is 2.65. The summed E-state index contributed by atoms with van der Waals surface area (Å²) in [5.41, 5.74) is 7.99. The minimum atomic E-state index is -0.148. The summed E-state index contributed by atoms with van der Waals surface area (Å²) >= 11 is 0. The van der Waals surface area contributed by atoms with E-state index in [1.54, 1.807) is 0 Å². The zero-order chi connectivity index (χ0) is 19.4. The number of hydrogen-bond donors (Lipinski definition) is 2. The van der Waals surface area contributed by atoms with Gasteiger partial charge in [0, 0.05) is 12.1 Å². The molecule has 0 spiro atoms. The minimum Gasteiger partial charge on any atom is -0.353 e. The van der Waals surface area contributed by atoms with Crippen molar-refractivity contribution in [1.29, 1.82) is 0 Å². The van der Waals surface area contributed by atoms with Gasteiger partial charge in [0.1, 0.15) is 0 Å². The monoisotopic (exact) mass is 380 g/mol. The highest BCUT2D eigenvalue weighted by Crippen LogP contribution is 2.71. The van der Waals surface area contributed by atoms with Crippen LogP contribution in [0.1, 0.15) is 83.1 Å². The summed E-state index contributed by atoms with van der Waals surface area (Å²) in [7, 11) is 0. The second kappa shape index (κ2) is 6.58. The van der Waals surface area contributed by atoms with E-state index in [-0.39, 0.29) is 10.8 Å². The normalized spacial score (nSPS) is 44.4. The first-order valence-electron chi connectivity index (χ1n) is 11.6. The summed E-state index contributed by atoms with van der Waals surface area (Å²) in [5, 5.41) is 3.51. The van der Waals surface area contributed by atoms with Crippen molar-refractivity contribution in [2.24, 2.45) is 22.5 Å². The standard InChI is InChI=1S/C25H36N2O/c1-2-23-12-18-13-24(15-23,19-6-4-3-5-7-19)17-25(14-18,16-23)22(28)27-21-10-8-20(26)9-11-21/h3-7,18,20-21H,2,8-17,26H2,1H3,(H,27,28)/t18?,20-,21+,23-,24-,25?/m0/s1. The molecular formula is C25H36N2O. The maximum atomic E-state index is 13.7. The van der Waals surface area contributed by atoms with Crippen molar-refractivity contribution >= 4 is 5.91 Å². The summed E-state index contributed by atoms with van der Waals surface area (Å²) < 4.78 is 0. The SMILES string of the molecule is CC[C@@]12CC3CC(C(=O)N[C@H]4CC[C@@H](N)CC4)(C1)C[C@](c1ccccc1)(C3)C2. The number of nitrogens with two attached hydrogens (primary N) is 1. The van der Waals surface area contributed by atoms with Crippen molar-refractivity contribution in [2.75, 3.05) is 0 Å². The average molecular weight is 381 g/mol. The molecule has 5 aliphatic rings. The van der Waals surface area contributed by atoms with Crippen molar-refractivity contribution < 1.29 is 4.79 Å². The highest BCUT2D eigenvalue weighted by molar-refractivity contribution is 5.84. The molecule has 152 valence electrons. The number of carbonyl (C=O) groups excluding carboxylic acids is 1. The fourth-order valence-corrected chi connectivity index (χ4v) is 8.00. The molecule has 6 rings (SSSR count). The number of benzene rings is 1. The van der Waals surface area contributed by atoms with Gasteiger partial charge >= 0.3 is 0 Å². The molecule has 1 aromatic rings. The Morgan fingerprint density at radius 2 is 1.79 bits per heavy atom. The van der Waals surface area contributed by atoms with Gasteiger partial charge < -0.3 is 11.1 Å². The molecule has 4 bridgehead atoms. The van der Waals surface area contributed by atoms with E-state index in [1.807, 2.05) is 0 Å². The van der Waals surface area contributed by atoms with Crippen LogP contribution < -0.4 is 11.1 Å². The first kappa shape index (κ1) is 18.7. The third-order valence-corrected chi connectivity index (χ3v) is 8.91. The van der Waals surface area contributed by atoms with Gasteiger partial charge in [0.25, 0.3) is 0 Å². The van der Waals surface area contributed by atoms with Gasteiger partial charge in [-0.2, -0.15) is 0 Å². The van der Waals surface area contributed by atoms with E-state index in [1.165, 1.54) is 31.2 Å². The fourth-order valence-electron chi connectivity index (χ4n) is 8.00. The molecule has 1 amide bonds. The molecule has 5 aliphatic carbocycles. The summed E-state index contributed by atoms with van der Waals surface area (Å²) in [5.74, 6) is 1.08. The highest BCUT2D eigenvalue weighted by atomic mass is 16.2. The molecule has 3 heteroatoms. The van der Waals surface area contributed by atoms with Gasteiger partial charge in [-0.25, -0.2) is 0 Å². The molecule has 0 heterocycles. The Morgan fingerprint density at radius 3 is 2.50 bits per heavy atom. The molecule has 1 aromatic carbocycles. The minimum absolute atomic E-state index is 0.148. The smallest absolute Gasteiger partial charge is 0.226 e. The van der Waals surface area contributed by atoms with Crippen LogP contribution in [0.2, 0.25) is 0 Å². The Labute approximate surface area is 169 Å². The Bertz CT molecular complexity index is 740. The van der Waals surface area contributed by atoms with Gasteiger partial charge in [0.2, 0.25) is 5.91 Å². The molecule has 0 aliphatic heterocycles. The lowest BCUT2D eigenvalue weighted by Crippen LogP contribution is -2.63. The molecule has 28 heavy (non-hydrogen) atoms. The molecule has 0 saturated heterocycles. The van der Waals surface area contributed by atoms with Crippen LogP contribution in [0.3, 0.4) is 0 Å². The van der Waals surface area contributed by atoms with E-state index < -0.39 is 0 Å². The van der Waals surface area contributed by atoms with E-state index in [2.05, 4.69) is 42.6 Å². The summed E-state index contributed by atoms with van der Waals surface area (Å²) in [6.45, 7) is 2.36. The molecule has 4 atom stereocenters. The fraction of sp³-hybridized carbons (Fsp3) is 0.720. The van der Waals surface area contributed by atoms with Crippen LogP contribution in [-0.4, -0.2) is 18.0 Å². The van der Waals surface area contributed by atoms with Crippen molar-refractivity contribution in [1.82, 2.24) is 5.32 Å². The Kier molecular flexibility index (Phi) is 4.39. The summed E-state index contributed by atoms with van der Waals surface area (Å²) in [6, 6.07) is 11.8. The van der Waals surface area contributed by atoms with Crippen molar-refractivity contribution in [2.45, 2.75) is 95.1 Å². The van der Waals surface area contributed by atoms with Gasteiger partial charge in [-0.3, -0.25) is 4.79 Å². The number of nitrogens with one attached hydrogen (secondary N) is 1. The van der Waals surface area contributed by atoms with Gasteiger partial charge in [-0.15, -0.1) is 0 Å². The molecule has 0 radical (unpaired) electrons. The van der Waals surface area contributed by atoms with E-state index in [0.717, 1.165) is 44.9 Å². The molecule has 3 nitrogen and oxygen atoms in total. The quantitative estimate of drug-likeness (QED) is 0.796. The van der Waals surface area contributed by atoms with Gasteiger partial charge in [-0.1, -0.05) is 43.7 Å². The van der Waals surface area contributed by atoms with Crippen molar-refractivity contribution in [3.63, 3.8) is 0 Å². The largest absolute Gasteiger partial charge is 0.353 e. The second-order valence-corrected chi connectivity index (χ2v) is 10.9. The molecule has 5 saturated carbocycles. The number of rotatable bonds is 4. The van der Waals surface area contributed by atoms with E-state index >= 15 is 0 Å². The van der Waals surface area contributed by atoms with Crippen LogP contribution in [0.15, 0.2) is 30.3 Å².